The number of anilines is 1. The Morgan fingerprint density at radius 3 is 2.35 bits per heavy atom. The minimum Gasteiger partial charge on any atom is -0.497 e. The van der Waals surface area contributed by atoms with E-state index in [1.54, 1.807) is 45.4 Å². The molecule has 0 bridgehead atoms. The molecule has 3 aromatic rings. The molecule has 0 saturated carbocycles. The van der Waals surface area contributed by atoms with Crippen molar-refractivity contribution >= 4 is 33.2 Å². The Morgan fingerprint density at radius 1 is 0.971 bits per heavy atom. The molecule has 9 heteroatoms. The van der Waals surface area contributed by atoms with Gasteiger partial charge in [-0.1, -0.05) is 29.3 Å². The highest BCUT2D eigenvalue weighted by molar-refractivity contribution is 7.92. The first-order valence-electron chi connectivity index (χ1n) is 10.5. The topological polar surface area (TPSA) is 93.7 Å². The van der Waals surface area contributed by atoms with Crippen molar-refractivity contribution in [2.24, 2.45) is 0 Å². The predicted molar refractivity (Wildman–Crippen MR) is 134 cm³/mol. The lowest BCUT2D eigenvalue weighted by Gasteiger charge is -2.19. The first-order valence-corrected chi connectivity index (χ1v) is 12.3. The SMILES string of the molecule is COc1ccc(OC)c([C@H](C)NC(=O)c2ccc(Cl)c(S(=O)(=O)Nc3ccc(C)cc3C)c2)c1. The highest BCUT2D eigenvalue weighted by Gasteiger charge is 2.22. The molecule has 0 unspecified atom stereocenters. The van der Waals surface area contributed by atoms with E-state index in [0.717, 1.165) is 11.1 Å². The molecule has 0 heterocycles. The summed E-state index contributed by atoms with van der Waals surface area (Å²) in [6.07, 6.45) is 0. The second-order valence-corrected chi connectivity index (χ2v) is 9.93. The number of carbonyl (C=O) groups is 1. The van der Waals surface area contributed by atoms with Gasteiger partial charge in [0.15, 0.2) is 0 Å². The molecule has 2 N–H and O–H groups in total. The maximum Gasteiger partial charge on any atom is 0.263 e. The first kappa shape index (κ1) is 25.4. The number of aryl methyl sites for hydroxylation is 2. The molecule has 0 aliphatic heterocycles. The maximum absolute atomic E-state index is 13.1. The first-order chi connectivity index (χ1) is 16.1. The molecule has 180 valence electrons. The van der Waals surface area contributed by atoms with Crippen LogP contribution in [0.3, 0.4) is 0 Å². The van der Waals surface area contributed by atoms with Crippen LogP contribution >= 0.6 is 11.6 Å². The molecule has 0 saturated heterocycles. The van der Waals surface area contributed by atoms with E-state index in [0.29, 0.717) is 22.7 Å². The summed E-state index contributed by atoms with van der Waals surface area (Å²) in [5.74, 6) is 0.747. The average molecular weight is 503 g/mol. The molecule has 3 aromatic carbocycles. The number of rotatable bonds is 8. The monoisotopic (exact) mass is 502 g/mol. The van der Waals surface area contributed by atoms with E-state index in [4.69, 9.17) is 21.1 Å². The van der Waals surface area contributed by atoms with Gasteiger partial charge in [0.2, 0.25) is 0 Å². The van der Waals surface area contributed by atoms with E-state index in [1.807, 2.05) is 26.0 Å². The number of sulfonamides is 1. The van der Waals surface area contributed by atoms with Crippen molar-refractivity contribution in [3.8, 4) is 11.5 Å². The molecule has 0 spiro atoms. The van der Waals surface area contributed by atoms with Crippen LogP contribution in [0.2, 0.25) is 5.02 Å². The van der Waals surface area contributed by atoms with Crippen molar-refractivity contribution in [2.75, 3.05) is 18.9 Å². The summed E-state index contributed by atoms with van der Waals surface area (Å²) in [7, 11) is -0.941. The smallest absolute Gasteiger partial charge is 0.263 e. The normalized spacial score (nSPS) is 12.1. The second-order valence-electron chi connectivity index (χ2n) is 7.87. The zero-order valence-electron chi connectivity index (χ0n) is 19.6. The molecule has 0 aromatic heterocycles. The fourth-order valence-corrected chi connectivity index (χ4v) is 5.17. The van der Waals surface area contributed by atoms with E-state index < -0.39 is 22.0 Å². The van der Waals surface area contributed by atoms with Crippen molar-refractivity contribution < 1.29 is 22.7 Å². The summed E-state index contributed by atoms with van der Waals surface area (Å²) in [4.78, 5) is 12.8. The Balaban J connectivity index is 1.87. The van der Waals surface area contributed by atoms with Crippen molar-refractivity contribution in [1.82, 2.24) is 5.32 Å². The van der Waals surface area contributed by atoms with Gasteiger partial charge in [-0.25, -0.2) is 8.42 Å². The molecule has 0 aliphatic carbocycles. The largest absolute Gasteiger partial charge is 0.497 e. The lowest BCUT2D eigenvalue weighted by molar-refractivity contribution is 0.0939. The molecule has 0 radical (unpaired) electrons. The minimum absolute atomic E-state index is 0.0105. The minimum atomic E-state index is -4.03. The van der Waals surface area contributed by atoms with E-state index in [9.17, 15) is 13.2 Å². The number of ether oxygens (including phenoxy) is 2. The molecule has 0 aliphatic rings. The average Bonchev–Trinajstić information content (AvgIpc) is 2.80. The van der Waals surface area contributed by atoms with Crippen LogP contribution in [0.5, 0.6) is 11.5 Å². The number of methoxy groups -OCH3 is 2. The third-order valence-electron chi connectivity index (χ3n) is 5.36. The van der Waals surface area contributed by atoms with Gasteiger partial charge in [-0.15, -0.1) is 0 Å². The number of benzene rings is 3. The van der Waals surface area contributed by atoms with Crippen LogP contribution < -0.4 is 19.5 Å². The Hall–Kier alpha value is -3.23. The highest BCUT2D eigenvalue weighted by atomic mass is 35.5. The third kappa shape index (κ3) is 5.63. The molecule has 0 fully saturated rings. The fraction of sp³-hybridized carbons (Fsp3) is 0.240. The van der Waals surface area contributed by atoms with Crippen LogP contribution in [0.1, 0.15) is 40.0 Å². The quantitative estimate of drug-likeness (QED) is 0.438. The van der Waals surface area contributed by atoms with E-state index >= 15 is 0 Å². The van der Waals surface area contributed by atoms with E-state index in [-0.39, 0.29) is 15.5 Å². The predicted octanol–water partition coefficient (Wildman–Crippen LogP) is 5.27. The highest BCUT2D eigenvalue weighted by Crippen LogP contribution is 2.30. The van der Waals surface area contributed by atoms with Gasteiger partial charge >= 0.3 is 0 Å². The molecule has 1 amide bonds. The third-order valence-corrected chi connectivity index (χ3v) is 7.21. The number of halogens is 1. The van der Waals surface area contributed by atoms with Gasteiger partial charge in [-0.3, -0.25) is 9.52 Å². The number of hydrogen-bond donors (Lipinski definition) is 2. The lowest BCUT2D eigenvalue weighted by Crippen LogP contribution is -2.27. The molecule has 1 atom stereocenters. The van der Waals surface area contributed by atoms with E-state index in [1.165, 1.54) is 18.2 Å². The lowest BCUT2D eigenvalue weighted by atomic mass is 10.1. The van der Waals surface area contributed by atoms with Crippen LogP contribution in [0, 0.1) is 13.8 Å². The number of amides is 1. The summed E-state index contributed by atoms with van der Waals surface area (Å²) < 4.78 is 39.4. The van der Waals surface area contributed by atoms with Crippen molar-refractivity contribution in [1.29, 1.82) is 0 Å². The van der Waals surface area contributed by atoms with Crippen molar-refractivity contribution in [3.63, 3.8) is 0 Å². The Labute approximate surface area is 205 Å². The summed E-state index contributed by atoms with van der Waals surface area (Å²) in [5.41, 5.74) is 3.09. The van der Waals surface area contributed by atoms with E-state index in [2.05, 4.69) is 10.0 Å². The van der Waals surface area contributed by atoms with Gasteiger partial charge in [0, 0.05) is 11.1 Å². The number of nitrogens with one attached hydrogen (secondary N) is 2. The van der Waals surface area contributed by atoms with Crippen LogP contribution in [-0.4, -0.2) is 28.5 Å². The molecule has 7 nitrogen and oxygen atoms in total. The fourth-order valence-electron chi connectivity index (χ4n) is 3.51. The maximum atomic E-state index is 13.1. The number of hydrogen-bond acceptors (Lipinski definition) is 5. The van der Waals surface area contributed by atoms with Gasteiger partial charge in [0.05, 0.1) is 31.0 Å². The van der Waals surface area contributed by atoms with Gasteiger partial charge in [0.1, 0.15) is 16.4 Å². The summed E-state index contributed by atoms with van der Waals surface area (Å²) in [6, 6.07) is 14.3. The standard InChI is InChI=1S/C25H27ClN2O5S/c1-15-6-10-22(16(2)12-15)28-34(30,31)24-13-18(7-9-21(24)26)25(29)27-17(3)20-14-19(32-4)8-11-23(20)33-5/h6-14,17,28H,1-5H3,(H,27,29)/t17-/m0/s1. The van der Waals surface area contributed by atoms with Gasteiger partial charge < -0.3 is 14.8 Å². The second kappa shape index (κ2) is 10.4. The van der Waals surface area contributed by atoms with Gasteiger partial charge in [-0.2, -0.15) is 0 Å². The molecular weight excluding hydrogens is 476 g/mol. The Bertz CT molecular complexity index is 1320. The van der Waals surface area contributed by atoms with Crippen molar-refractivity contribution in [3.05, 3.63) is 81.9 Å². The molecular formula is C25H27ClN2O5S. The summed E-state index contributed by atoms with van der Waals surface area (Å²) >= 11 is 6.21. The Kier molecular flexibility index (Phi) is 7.74. The zero-order chi connectivity index (χ0) is 25.0. The summed E-state index contributed by atoms with van der Waals surface area (Å²) in [6.45, 7) is 5.53. The molecule has 3 rings (SSSR count). The van der Waals surface area contributed by atoms with Crippen molar-refractivity contribution in [2.45, 2.75) is 31.7 Å². The number of carbonyl (C=O) groups excluding carboxylic acids is 1. The van der Waals surface area contributed by atoms with Crippen LogP contribution in [0.4, 0.5) is 5.69 Å². The Morgan fingerprint density at radius 2 is 1.71 bits per heavy atom. The molecule has 34 heavy (non-hydrogen) atoms. The summed E-state index contributed by atoms with van der Waals surface area (Å²) in [5, 5.41) is 2.88. The van der Waals surface area contributed by atoms with Gasteiger partial charge in [0.25, 0.3) is 15.9 Å². The van der Waals surface area contributed by atoms with Gasteiger partial charge in [-0.05, 0) is 68.8 Å². The van der Waals surface area contributed by atoms with Crippen LogP contribution in [0.15, 0.2) is 59.5 Å². The van der Waals surface area contributed by atoms with Crippen LogP contribution in [0.25, 0.3) is 0 Å². The van der Waals surface area contributed by atoms with Crippen LogP contribution in [-0.2, 0) is 10.0 Å². The zero-order valence-corrected chi connectivity index (χ0v) is 21.2.